The third kappa shape index (κ3) is 4.37. The Labute approximate surface area is 182 Å². The zero-order valence-electron chi connectivity index (χ0n) is 17.9. The first kappa shape index (κ1) is 19.9. The highest BCUT2D eigenvalue weighted by Crippen LogP contribution is 2.27. The highest BCUT2D eigenvalue weighted by molar-refractivity contribution is 5.93. The largest absolute Gasteiger partial charge is 0.370 e. The predicted molar refractivity (Wildman–Crippen MR) is 123 cm³/mol. The monoisotopic (exact) mass is 416 g/mol. The van der Waals surface area contributed by atoms with Crippen LogP contribution in [0.5, 0.6) is 0 Å². The number of piperidine rings is 1. The molecule has 2 aliphatic heterocycles. The van der Waals surface area contributed by atoms with E-state index in [1.165, 1.54) is 12.8 Å². The minimum atomic E-state index is 0.0485. The number of aromatic nitrogens is 3. The van der Waals surface area contributed by atoms with Crippen LogP contribution >= 0.6 is 0 Å². The van der Waals surface area contributed by atoms with Crippen molar-refractivity contribution in [1.82, 2.24) is 19.9 Å². The lowest BCUT2D eigenvalue weighted by molar-refractivity contribution is -0.121. The number of anilines is 2. The molecule has 7 nitrogen and oxygen atoms in total. The third-order valence-electron chi connectivity index (χ3n) is 6.41. The van der Waals surface area contributed by atoms with Crippen molar-refractivity contribution in [2.75, 3.05) is 43.4 Å². The number of hydrogen-bond acceptors (Lipinski definition) is 6. The second-order valence-corrected chi connectivity index (χ2v) is 8.65. The Bertz CT molecular complexity index is 1090. The fraction of sp³-hybridized carbons (Fsp3) is 0.417. The molecule has 0 saturated carbocycles. The maximum Gasteiger partial charge on any atom is 0.228 e. The molecule has 31 heavy (non-hydrogen) atoms. The van der Waals surface area contributed by atoms with E-state index >= 15 is 0 Å². The fourth-order valence-electron chi connectivity index (χ4n) is 4.46. The van der Waals surface area contributed by atoms with Crippen LogP contribution < -0.4 is 10.2 Å². The first-order valence-electron chi connectivity index (χ1n) is 11.1. The lowest BCUT2D eigenvalue weighted by atomic mass is 9.96. The second kappa shape index (κ2) is 8.59. The van der Waals surface area contributed by atoms with Gasteiger partial charge in [0.1, 0.15) is 5.82 Å². The number of nitrogens with one attached hydrogen (secondary N) is 1. The van der Waals surface area contributed by atoms with Crippen molar-refractivity contribution in [2.24, 2.45) is 5.92 Å². The van der Waals surface area contributed by atoms with Gasteiger partial charge >= 0.3 is 0 Å². The van der Waals surface area contributed by atoms with Gasteiger partial charge in [-0.05, 0) is 64.0 Å². The van der Waals surface area contributed by atoms with Gasteiger partial charge in [-0.3, -0.25) is 9.78 Å². The van der Waals surface area contributed by atoms with Crippen molar-refractivity contribution in [2.45, 2.75) is 25.7 Å². The Hall–Kier alpha value is -3.06. The Balaban J connectivity index is 1.37. The van der Waals surface area contributed by atoms with Gasteiger partial charge in [-0.2, -0.15) is 0 Å². The maximum atomic E-state index is 12.7. The van der Waals surface area contributed by atoms with Crippen molar-refractivity contribution in [3.63, 3.8) is 0 Å². The summed E-state index contributed by atoms with van der Waals surface area (Å²) in [5, 5.41) is 3.95. The van der Waals surface area contributed by atoms with Gasteiger partial charge in [0, 0.05) is 48.4 Å². The molecule has 0 spiro atoms. The second-order valence-electron chi connectivity index (χ2n) is 8.65. The molecule has 7 heteroatoms. The van der Waals surface area contributed by atoms with Crippen LogP contribution in [-0.2, 0) is 4.79 Å². The molecule has 5 rings (SSSR count). The van der Waals surface area contributed by atoms with E-state index in [0.29, 0.717) is 5.82 Å². The highest BCUT2D eigenvalue weighted by Gasteiger charge is 2.23. The molecule has 0 bridgehead atoms. The van der Waals surface area contributed by atoms with E-state index in [2.05, 4.69) is 38.2 Å². The average Bonchev–Trinajstić information content (AvgIpc) is 3.34. The zero-order valence-corrected chi connectivity index (χ0v) is 17.9. The molecule has 3 aromatic rings. The fourth-order valence-corrected chi connectivity index (χ4v) is 4.46. The third-order valence-corrected chi connectivity index (χ3v) is 6.41. The molecule has 2 aliphatic rings. The summed E-state index contributed by atoms with van der Waals surface area (Å²) in [6.07, 6.45) is 9.80. The van der Waals surface area contributed by atoms with E-state index in [4.69, 9.17) is 4.98 Å². The Kier molecular flexibility index (Phi) is 5.51. The van der Waals surface area contributed by atoms with Crippen LogP contribution in [0.1, 0.15) is 25.7 Å². The summed E-state index contributed by atoms with van der Waals surface area (Å²) in [5.41, 5.74) is 3.84. The van der Waals surface area contributed by atoms with Gasteiger partial charge in [0.15, 0.2) is 0 Å². The normalized spacial score (nSPS) is 17.9. The number of fused-ring (bicyclic) bond motifs is 1. The number of rotatable bonds is 4. The standard InChI is InChI=1S/C24H28N6O/c1-29-10-6-17(7-11-29)24(31)28-23-13-22-18(15-26-23)4-5-21(27-22)19-12-20(16-25-14-19)30-8-2-3-9-30/h4-5,12-17H,2-3,6-11H2,1H3,(H,26,28,31). The molecule has 0 aromatic carbocycles. The van der Waals surface area contributed by atoms with Crippen LogP contribution in [0.3, 0.4) is 0 Å². The molecule has 3 aromatic heterocycles. The molecule has 2 saturated heterocycles. The van der Waals surface area contributed by atoms with Crippen LogP contribution in [0.2, 0.25) is 0 Å². The molecule has 1 N–H and O–H groups in total. The summed E-state index contributed by atoms with van der Waals surface area (Å²) in [7, 11) is 2.10. The van der Waals surface area contributed by atoms with E-state index in [1.54, 1.807) is 6.20 Å². The number of pyridine rings is 3. The minimum absolute atomic E-state index is 0.0485. The summed E-state index contributed by atoms with van der Waals surface area (Å²) in [4.78, 5) is 31.0. The van der Waals surface area contributed by atoms with Crippen molar-refractivity contribution >= 4 is 28.3 Å². The number of carbonyl (C=O) groups excluding carboxylic acids is 1. The summed E-state index contributed by atoms with van der Waals surface area (Å²) >= 11 is 0. The summed E-state index contributed by atoms with van der Waals surface area (Å²) in [6.45, 7) is 4.09. The molecule has 0 unspecified atom stereocenters. The quantitative estimate of drug-likeness (QED) is 0.701. The van der Waals surface area contributed by atoms with E-state index in [1.807, 2.05) is 30.6 Å². The predicted octanol–water partition coefficient (Wildman–Crippen LogP) is 3.57. The zero-order chi connectivity index (χ0) is 21.2. The van der Waals surface area contributed by atoms with E-state index in [9.17, 15) is 4.79 Å². The number of hydrogen-bond donors (Lipinski definition) is 1. The van der Waals surface area contributed by atoms with Crippen LogP contribution in [0.4, 0.5) is 11.5 Å². The average molecular weight is 417 g/mol. The van der Waals surface area contributed by atoms with Gasteiger partial charge < -0.3 is 15.1 Å². The SMILES string of the molecule is CN1CCC(C(=O)Nc2cc3nc(-c4cncc(N5CCCC5)c4)ccc3cn2)CC1. The highest BCUT2D eigenvalue weighted by atomic mass is 16.1. The van der Waals surface area contributed by atoms with Gasteiger partial charge in [0.25, 0.3) is 0 Å². The van der Waals surface area contributed by atoms with E-state index in [-0.39, 0.29) is 11.8 Å². The molecular formula is C24H28N6O. The maximum absolute atomic E-state index is 12.7. The van der Waals surface area contributed by atoms with Crippen LogP contribution in [0.25, 0.3) is 22.2 Å². The lowest BCUT2D eigenvalue weighted by Gasteiger charge is -2.27. The first-order valence-corrected chi connectivity index (χ1v) is 11.1. The van der Waals surface area contributed by atoms with Gasteiger partial charge in [-0.15, -0.1) is 0 Å². The van der Waals surface area contributed by atoms with Crippen LogP contribution in [0.15, 0.2) is 42.9 Å². The number of nitrogens with zero attached hydrogens (tertiary/aromatic N) is 5. The van der Waals surface area contributed by atoms with Gasteiger partial charge in [-0.25, -0.2) is 9.97 Å². The Morgan fingerprint density at radius 2 is 1.84 bits per heavy atom. The Morgan fingerprint density at radius 1 is 1.03 bits per heavy atom. The molecule has 5 heterocycles. The number of carbonyl (C=O) groups is 1. The first-order chi connectivity index (χ1) is 15.2. The molecule has 0 aliphatic carbocycles. The summed E-state index contributed by atoms with van der Waals surface area (Å²) in [6, 6.07) is 8.06. The van der Waals surface area contributed by atoms with Crippen LogP contribution in [0, 0.1) is 5.92 Å². The van der Waals surface area contributed by atoms with Crippen molar-refractivity contribution < 1.29 is 4.79 Å². The number of likely N-dealkylation sites (tertiary alicyclic amines) is 1. The van der Waals surface area contributed by atoms with E-state index < -0.39 is 0 Å². The van der Waals surface area contributed by atoms with Gasteiger partial charge in [-0.1, -0.05) is 0 Å². The molecule has 0 radical (unpaired) electrons. The van der Waals surface area contributed by atoms with Crippen molar-refractivity contribution in [3.05, 3.63) is 42.9 Å². The summed E-state index contributed by atoms with van der Waals surface area (Å²) < 4.78 is 0. The number of amides is 1. The molecule has 1 amide bonds. The topological polar surface area (TPSA) is 74.2 Å². The molecule has 160 valence electrons. The summed E-state index contributed by atoms with van der Waals surface area (Å²) in [5.74, 6) is 0.663. The van der Waals surface area contributed by atoms with E-state index in [0.717, 1.165) is 66.9 Å². The Morgan fingerprint density at radius 3 is 2.65 bits per heavy atom. The molecular weight excluding hydrogens is 388 g/mol. The molecule has 2 fully saturated rings. The van der Waals surface area contributed by atoms with Crippen molar-refractivity contribution in [1.29, 1.82) is 0 Å². The van der Waals surface area contributed by atoms with Crippen LogP contribution in [-0.4, -0.2) is 59.0 Å². The van der Waals surface area contributed by atoms with Gasteiger partial charge in [0.2, 0.25) is 5.91 Å². The smallest absolute Gasteiger partial charge is 0.228 e. The molecule has 0 atom stereocenters. The minimum Gasteiger partial charge on any atom is -0.370 e. The lowest BCUT2D eigenvalue weighted by Crippen LogP contribution is -2.36. The van der Waals surface area contributed by atoms with Gasteiger partial charge in [0.05, 0.1) is 23.1 Å². The van der Waals surface area contributed by atoms with Crippen molar-refractivity contribution in [3.8, 4) is 11.3 Å².